The topological polar surface area (TPSA) is 97.0 Å². The van der Waals surface area contributed by atoms with Gasteiger partial charge in [0.2, 0.25) is 0 Å². The van der Waals surface area contributed by atoms with Crippen LogP contribution in [0, 0.1) is 0 Å². The third-order valence-electron chi connectivity index (χ3n) is 5.59. The van der Waals surface area contributed by atoms with E-state index in [0.29, 0.717) is 10.5 Å². The number of alkyl halides is 6. The summed E-state index contributed by atoms with van der Waals surface area (Å²) >= 11 is 1.21. The number of fused-ring (bicyclic) bond motifs is 1. The number of hydrogen-bond donors (Lipinski definition) is 2. The lowest BCUT2D eigenvalue weighted by atomic mass is 10.1. The average molecular weight is 622 g/mol. The van der Waals surface area contributed by atoms with Gasteiger partial charge >= 0.3 is 18.6 Å². The molecule has 42 heavy (non-hydrogen) atoms. The number of carbonyl (C=O) groups excluding carboxylic acids is 3. The lowest BCUT2D eigenvalue weighted by molar-refractivity contribution is -0.274. The van der Waals surface area contributed by atoms with E-state index < -0.39 is 54.3 Å². The summed E-state index contributed by atoms with van der Waals surface area (Å²) in [6, 6.07) is 8.20. The van der Waals surface area contributed by atoms with Crippen molar-refractivity contribution in [2.24, 2.45) is 0 Å². The molecule has 1 aliphatic heterocycles. The summed E-state index contributed by atoms with van der Waals surface area (Å²) in [7, 11) is 0. The molecule has 0 radical (unpaired) electrons. The van der Waals surface area contributed by atoms with Crippen LogP contribution in [0.1, 0.15) is 49.5 Å². The first kappa shape index (κ1) is 32.9. The number of nitrogens with one attached hydrogen (secondary N) is 2. The Morgan fingerprint density at radius 2 is 1.69 bits per heavy atom. The Balaban J connectivity index is 1.88. The number of alkyl carbamates (subject to hydrolysis) is 1. The lowest BCUT2D eigenvalue weighted by Crippen LogP contribution is -2.50. The summed E-state index contributed by atoms with van der Waals surface area (Å²) in [5.74, 6) is -1.59. The second-order valence-electron chi connectivity index (χ2n) is 10.3. The number of hydrogen-bond acceptors (Lipinski definition) is 6. The van der Waals surface area contributed by atoms with Gasteiger partial charge in [0.1, 0.15) is 17.4 Å². The van der Waals surface area contributed by atoms with Crippen LogP contribution in [-0.2, 0) is 16.1 Å². The van der Waals surface area contributed by atoms with E-state index in [0.717, 1.165) is 12.1 Å². The zero-order valence-corrected chi connectivity index (χ0v) is 23.6. The first-order valence-electron chi connectivity index (χ1n) is 12.7. The molecule has 0 unspecified atom stereocenters. The summed E-state index contributed by atoms with van der Waals surface area (Å²) < 4.78 is 84.2. The quantitative estimate of drug-likeness (QED) is 0.270. The second kappa shape index (κ2) is 13.1. The second-order valence-corrected chi connectivity index (χ2v) is 11.3. The summed E-state index contributed by atoms with van der Waals surface area (Å²) in [6.07, 6.45) is -11.4. The third-order valence-corrected chi connectivity index (χ3v) is 6.75. The number of carbonyl (C=O) groups is 3. The van der Waals surface area contributed by atoms with Gasteiger partial charge in [-0.3, -0.25) is 9.59 Å². The van der Waals surface area contributed by atoms with Crippen LogP contribution in [0.2, 0.25) is 0 Å². The number of halogens is 6. The van der Waals surface area contributed by atoms with Gasteiger partial charge in [0.05, 0.1) is 12.2 Å². The van der Waals surface area contributed by atoms with Crippen molar-refractivity contribution in [1.82, 2.24) is 10.6 Å². The number of anilines is 1. The molecule has 3 rings (SSSR count). The first-order valence-corrected chi connectivity index (χ1v) is 13.7. The van der Waals surface area contributed by atoms with Crippen LogP contribution in [0.5, 0.6) is 5.75 Å². The van der Waals surface area contributed by atoms with Gasteiger partial charge in [0.15, 0.2) is 0 Å². The highest BCUT2D eigenvalue weighted by Crippen LogP contribution is 2.36. The minimum Gasteiger partial charge on any atom is -0.444 e. The number of amides is 3. The van der Waals surface area contributed by atoms with Crippen molar-refractivity contribution < 1.29 is 50.2 Å². The van der Waals surface area contributed by atoms with Gasteiger partial charge in [0.25, 0.3) is 11.8 Å². The van der Waals surface area contributed by atoms with Gasteiger partial charge in [-0.2, -0.15) is 13.2 Å². The van der Waals surface area contributed by atoms with E-state index in [1.54, 1.807) is 26.8 Å². The fourth-order valence-electron chi connectivity index (χ4n) is 3.83. The van der Waals surface area contributed by atoms with Crippen LogP contribution in [-0.4, -0.2) is 54.4 Å². The maximum absolute atomic E-state index is 13.7. The molecule has 2 N–H and O–H groups in total. The highest BCUT2D eigenvalue weighted by molar-refractivity contribution is 7.99. The summed E-state index contributed by atoms with van der Waals surface area (Å²) in [4.78, 5) is 40.7. The molecule has 0 spiro atoms. The number of ether oxygens (including phenoxy) is 2. The Kier molecular flexibility index (Phi) is 10.3. The van der Waals surface area contributed by atoms with Crippen molar-refractivity contribution in [3.63, 3.8) is 0 Å². The van der Waals surface area contributed by atoms with Gasteiger partial charge in [-0.05, 0) is 63.1 Å². The summed E-state index contributed by atoms with van der Waals surface area (Å²) in [5, 5.41) is 4.97. The molecular formula is C27H29F6N3O5S. The van der Waals surface area contributed by atoms with Crippen molar-refractivity contribution in [1.29, 1.82) is 0 Å². The van der Waals surface area contributed by atoms with Crippen LogP contribution in [0.3, 0.4) is 0 Å². The Hall–Kier alpha value is -3.62. The van der Waals surface area contributed by atoms with Gasteiger partial charge in [-0.15, -0.1) is 24.9 Å². The summed E-state index contributed by atoms with van der Waals surface area (Å²) in [5.41, 5.74) is -0.0755. The van der Waals surface area contributed by atoms with E-state index in [2.05, 4.69) is 15.4 Å². The minimum atomic E-state index is -4.89. The predicted octanol–water partition coefficient (Wildman–Crippen LogP) is 6.19. The Morgan fingerprint density at radius 3 is 2.29 bits per heavy atom. The SMILES string of the molecule is CC(C)(C)OC(=O)N[C@H]1CSc2ccc(C(=O)NCCCC(F)(F)F)cc2N(Cc2ccc(OC(F)(F)F)cc2)C1=O. The molecule has 15 heteroatoms. The van der Waals surface area contributed by atoms with Crippen molar-refractivity contribution in [3.8, 4) is 5.75 Å². The minimum absolute atomic E-state index is 0.0756. The van der Waals surface area contributed by atoms with Crippen LogP contribution in [0.4, 0.5) is 36.8 Å². The van der Waals surface area contributed by atoms with Crippen LogP contribution < -0.4 is 20.3 Å². The molecule has 1 atom stereocenters. The molecular weight excluding hydrogens is 592 g/mol. The van der Waals surface area contributed by atoms with E-state index in [-0.39, 0.29) is 36.5 Å². The molecule has 0 aliphatic carbocycles. The molecule has 0 saturated carbocycles. The molecule has 230 valence electrons. The first-order chi connectivity index (χ1) is 19.4. The molecule has 0 saturated heterocycles. The van der Waals surface area contributed by atoms with Crippen LogP contribution in [0.15, 0.2) is 47.4 Å². The number of nitrogens with zero attached hydrogens (tertiary/aromatic N) is 1. The zero-order valence-electron chi connectivity index (χ0n) is 22.8. The molecule has 1 aliphatic rings. The highest BCUT2D eigenvalue weighted by Gasteiger charge is 2.34. The normalized spacial score (nSPS) is 15.9. The fourth-order valence-corrected chi connectivity index (χ4v) is 4.88. The zero-order chi connectivity index (χ0) is 31.3. The lowest BCUT2D eigenvalue weighted by Gasteiger charge is -2.27. The van der Waals surface area contributed by atoms with E-state index in [1.165, 1.54) is 40.9 Å². The maximum atomic E-state index is 13.7. The van der Waals surface area contributed by atoms with E-state index in [4.69, 9.17) is 4.74 Å². The van der Waals surface area contributed by atoms with E-state index >= 15 is 0 Å². The number of rotatable bonds is 8. The average Bonchev–Trinajstić information content (AvgIpc) is 2.97. The van der Waals surface area contributed by atoms with Gasteiger partial charge < -0.3 is 25.0 Å². The molecule has 1 heterocycles. The van der Waals surface area contributed by atoms with Gasteiger partial charge in [0, 0.05) is 29.2 Å². The maximum Gasteiger partial charge on any atom is 0.573 e. The monoisotopic (exact) mass is 621 g/mol. The number of benzene rings is 2. The smallest absolute Gasteiger partial charge is 0.444 e. The third kappa shape index (κ3) is 10.3. The molecule has 0 bridgehead atoms. The molecule has 0 fully saturated rings. The molecule has 0 aromatic heterocycles. The van der Waals surface area contributed by atoms with Crippen LogP contribution >= 0.6 is 11.8 Å². The highest BCUT2D eigenvalue weighted by atomic mass is 32.2. The molecule has 2 aromatic rings. The molecule has 3 amide bonds. The predicted molar refractivity (Wildman–Crippen MR) is 142 cm³/mol. The molecule has 8 nitrogen and oxygen atoms in total. The standard InChI is InChI=1S/C27H29F6N3O5S/c1-25(2,3)41-24(39)35-19-15-42-21-10-7-17(22(37)34-12-4-11-26(28,29)30)13-20(21)36(23(19)38)14-16-5-8-18(9-6-16)40-27(31,32)33/h5-10,13,19H,4,11-12,14-15H2,1-3H3,(H,34,37)(H,35,39)/t19-/m0/s1. The Labute approximate surface area is 242 Å². The van der Waals surface area contributed by atoms with Crippen molar-refractivity contribution in [3.05, 3.63) is 53.6 Å². The van der Waals surface area contributed by atoms with Crippen molar-refractivity contribution >= 4 is 35.4 Å². The largest absolute Gasteiger partial charge is 0.573 e. The summed E-state index contributed by atoms with van der Waals surface area (Å²) in [6.45, 7) is 4.59. The fraction of sp³-hybridized carbons (Fsp3) is 0.444. The van der Waals surface area contributed by atoms with Crippen molar-refractivity contribution in [2.75, 3.05) is 17.2 Å². The van der Waals surface area contributed by atoms with Gasteiger partial charge in [-0.25, -0.2) is 4.79 Å². The van der Waals surface area contributed by atoms with Crippen LogP contribution in [0.25, 0.3) is 0 Å². The molecule has 2 aromatic carbocycles. The Morgan fingerprint density at radius 1 is 1.02 bits per heavy atom. The van der Waals surface area contributed by atoms with Crippen molar-refractivity contribution in [2.45, 2.75) is 69.2 Å². The number of thioether (sulfide) groups is 1. The van der Waals surface area contributed by atoms with Gasteiger partial charge in [-0.1, -0.05) is 12.1 Å². The Bertz CT molecular complexity index is 1280. The van der Waals surface area contributed by atoms with E-state index in [1.807, 2.05) is 0 Å². The van der Waals surface area contributed by atoms with E-state index in [9.17, 15) is 40.7 Å².